The van der Waals surface area contributed by atoms with Crippen molar-refractivity contribution < 1.29 is 14.3 Å². The van der Waals surface area contributed by atoms with Crippen LogP contribution in [0, 0.1) is 0 Å². The van der Waals surface area contributed by atoms with Gasteiger partial charge in [0.25, 0.3) is 0 Å². The molecule has 0 saturated heterocycles. The van der Waals surface area contributed by atoms with Gasteiger partial charge in [-0.05, 0) is 25.5 Å². The lowest BCUT2D eigenvalue weighted by molar-refractivity contribution is 0.0571. The monoisotopic (exact) mass is 236 g/mol. The van der Waals surface area contributed by atoms with Crippen LogP contribution >= 0.6 is 0 Å². The molecule has 17 heavy (non-hydrogen) atoms. The van der Waals surface area contributed by atoms with E-state index in [1.807, 2.05) is 19.1 Å². The number of carbonyl (C=O) groups is 1. The largest absolute Gasteiger partial charge is 0.488 e. The lowest BCUT2D eigenvalue weighted by Crippen LogP contribution is -2.19. The van der Waals surface area contributed by atoms with E-state index in [9.17, 15) is 4.79 Å². The second kappa shape index (κ2) is 7.85. The van der Waals surface area contributed by atoms with E-state index in [1.54, 1.807) is 12.1 Å². The lowest BCUT2D eigenvalue weighted by atomic mass is 10.2. The average molecular weight is 236 g/mol. The lowest BCUT2D eigenvalue weighted by Gasteiger charge is -2.15. The molecule has 0 N–H and O–H groups in total. The quantitative estimate of drug-likeness (QED) is 0.514. The maximum absolute atomic E-state index is 10.6. The maximum Gasteiger partial charge on any atom is 0.150 e. The van der Waals surface area contributed by atoms with Gasteiger partial charge >= 0.3 is 0 Å². The fourth-order valence-electron chi connectivity index (χ4n) is 1.42. The number of benzene rings is 1. The Morgan fingerprint density at radius 2 is 2.24 bits per heavy atom. The Morgan fingerprint density at radius 1 is 1.41 bits per heavy atom. The molecule has 3 nitrogen and oxygen atoms in total. The molecular weight excluding hydrogens is 216 g/mol. The van der Waals surface area contributed by atoms with E-state index in [4.69, 9.17) is 9.47 Å². The van der Waals surface area contributed by atoms with Crippen LogP contribution in [-0.4, -0.2) is 25.6 Å². The molecule has 0 aromatic heterocycles. The van der Waals surface area contributed by atoms with E-state index in [0.717, 1.165) is 25.7 Å². The predicted octanol–water partition coefficient (Wildman–Crippen LogP) is 3.08. The minimum atomic E-state index is -0.00578. The van der Waals surface area contributed by atoms with Crippen molar-refractivity contribution in [3.05, 3.63) is 29.8 Å². The van der Waals surface area contributed by atoms with Gasteiger partial charge in [0.1, 0.15) is 18.1 Å². The second-order valence-corrected chi connectivity index (χ2v) is 4.05. The van der Waals surface area contributed by atoms with E-state index >= 15 is 0 Å². The molecule has 0 heterocycles. The molecule has 0 unspecified atom stereocenters. The highest BCUT2D eigenvalue weighted by molar-refractivity contribution is 5.75. The first-order chi connectivity index (χ1) is 8.26. The van der Waals surface area contributed by atoms with Gasteiger partial charge in [0.05, 0.1) is 6.61 Å². The highest BCUT2D eigenvalue weighted by Crippen LogP contribution is 2.13. The maximum atomic E-state index is 10.6. The molecule has 0 aliphatic heterocycles. The molecule has 0 radical (unpaired) electrons. The normalized spacial score (nSPS) is 12.1. The number of ether oxygens (including phenoxy) is 2. The molecule has 1 rings (SSSR count). The van der Waals surface area contributed by atoms with E-state index in [0.29, 0.717) is 17.9 Å². The summed E-state index contributed by atoms with van der Waals surface area (Å²) in [6.45, 7) is 5.44. The van der Waals surface area contributed by atoms with Crippen LogP contribution in [0.5, 0.6) is 5.75 Å². The van der Waals surface area contributed by atoms with Crippen molar-refractivity contribution in [1.29, 1.82) is 0 Å². The highest BCUT2D eigenvalue weighted by atomic mass is 16.5. The van der Waals surface area contributed by atoms with Crippen LogP contribution in [-0.2, 0) is 4.74 Å². The third kappa shape index (κ3) is 5.50. The number of rotatable bonds is 8. The van der Waals surface area contributed by atoms with Gasteiger partial charge in [-0.2, -0.15) is 0 Å². The first-order valence-electron chi connectivity index (χ1n) is 6.06. The number of hydrogen-bond acceptors (Lipinski definition) is 3. The van der Waals surface area contributed by atoms with Crippen molar-refractivity contribution in [1.82, 2.24) is 0 Å². The summed E-state index contributed by atoms with van der Waals surface area (Å²) in [5.74, 6) is 0.709. The Kier molecular flexibility index (Phi) is 6.33. The Bertz CT molecular complexity index is 336. The Hall–Kier alpha value is -1.35. The molecule has 1 aromatic rings. The number of aldehydes is 1. The van der Waals surface area contributed by atoms with Gasteiger partial charge in [-0.3, -0.25) is 4.79 Å². The minimum absolute atomic E-state index is 0.00578. The van der Waals surface area contributed by atoms with E-state index < -0.39 is 0 Å². The SMILES string of the molecule is CCCCOC[C@H](C)Oc1cccc(C=O)c1. The zero-order chi connectivity index (χ0) is 12.5. The summed E-state index contributed by atoms with van der Waals surface area (Å²) in [4.78, 5) is 10.6. The van der Waals surface area contributed by atoms with E-state index in [1.165, 1.54) is 0 Å². The van der Waals surface area contributed by atoms with Crippen LogP contribution in [0.1, 0.15) is 37.0 Å². The summed E-state index contributed by atoms with van der Waals surface area (Å²) in [6.07, 6.45) is 3.02. The fourth-order valence-corrected chi connectivity index (χ4v) is 1.42. The predicted molar refractivity (Wildman–Crippen MR) is 67.6 cm³/mol. The van der Waals surface area contributed by atoms with Crippen molar-refractivity contribution in [2.75, 3.05) is 13.2 Å². The molecule has 1 aromatic carbocycles. The summed E-state index contributed by atoms with van der Waals surface area (Å²) < 4.78 is 11.1. The Morgan fingerprint density at radius 3 is 2.94 bits per heavy atom. The fraction of sp³-hybridized carbons (Fsp3) is 0.500. The van der Waals surface area contributed by atoms with Gasteiger partial charge in [0.2, 0.25) is 0 Å². The molecule has 94 valence electrons. The second-order valence-electron chi connectivity index (χ2n) is 4.05. The Labute approximate surface area is 103 Å². The van der Waals surface area contributed by atoms with Gasteiger partial charge in [0, 0.05) is 12.2 Å². The van der Waals surface area contributed by atoms with Crippen LogP contribution in [0.15, 0.2) is 24.3 Å². The summed E-state index contributed by atoms with van der Waals surface area (Å²) in [6, 6.07) is 7.14. The molecule has 3 heteroatoms. The smallest absolute Gasteiger partial charge is 0.150 e. The van der Waals surface area contributed by atoms with Crippen LogP contribution < -0.4 is 4.74 Å². The first-order valence-corrected chi connectivity index (χ1v) is 6.06. The minimum Gasteiger partial charge on any atom is -0.488 e. The molecule has 0 aliphatic carbocycles. The Balaban J connectivity index is 2.33. The van der Waals surface area contributed by atoms with Gasteiger partial charge in [0.15, 0.2) is 0 Å². The molecule has 0 spiro atoms. The van der Waals surface area contributed by atoms with Crippen LogP contribution in [0.2, 0.25) is 0 Å². The van der Waals surface area contributed by atoms with Gasteiger partial charge in [-0.1, -0.05) is 25.5 Å². The van der Waals surface area contributed by atoms with Crippen molar-refractivity contribution >= 4 is 6.29 Å². The summed E-state index contributed by atoms with van der Waals surface area (Å²) in [5, 5.41) is 0. The molecule has 0 fully saturated rings. The standard InChI is InChI=1S/C14H20O3/c1-3-4-8-16-11-12(2)17-14-7-5-6-13(9-14)10-15/h5-7,9-10,12H,3-4,8,11H2,1-2H3/t12-/m0/s1. The average Bonchev–Trinajstić information content (AvgIpc) is 2.35. The van der Waals surface area contributed by atoms with Gasteiger partial charge in [-0.25, -0.2) is 0 Å². The van der Waals surface area contributed by atoms with Crippen LogP contribution in [0.25, 0.3) is 0 Å². The molecule has 0 bridgehead atoms. The number of carbonyl (C=O) groups excluding carboxylic acids is 1. The molecular formula is C14H20O3. The van der Waals surface area contributed by atoms with Crippen molar-refractivity contribution in [2.24, 2.45) is 0 Å². The van der Waals surface area contributed by atoms with Crippen LogP contribution in [0.3, 0.4) is 0 Å². The summed E-state index contributed by atoms with van der Waals surface area (Å²) >= 11 is 0. The van der Waals surface area contributed by atoms with Gasteiger partial charge < -0.3 is 9.47 Å². The number of hydrogen-bond donors (Lipinski definition) is 0. The molecule has 1 atom stereocenters. The number of unbranched alkanes of at least 4 members (excludes halogenated alkanes) is 1. The highest BCUT2D eigenvalue weighted by Gasteiger charge is 2.04. The third-order valence-electron chi connectivity index (χ3n) is 2.33. The summed E-state index contributed by atoms with van der Waals surface area (Å²) in [5.41, 5.74) is 0.626. The van der Waals surface area contributed by atoms with Crippen molar-refractivity contribution in [2.45, 2.75) is 32.8 Å². The first kappa shape index (κ1) is 13.7. The van der Waals surface area contributed by atoms with Crippen LogP contribution in [0.4, 0.5) is 0 Å². The van der Waals surface area contributed by atoms with Crippen molar-refractivity contribution in [3.63, 3.8) is 0 Å². The zero-order valence-electron chi connectivity index (χ0n) is 10.5. The molecule has 0 amide bonds. The topological polar surface area (TPSA) is 35.5 Å². The zero-order valence-corrected chi connectivity index (χ0v) is 10.5. The van der Waals surface area contributed by atoms with Crippen molar-refractivity contribution in [3.8, 4) is 5.75 Å². The molecule has 0 aliphatic rings. The van der Waals surface area contributed by atoms with E-state index in [2.05, 4.69) is 6.92 Å². The summed E-state index contributed by atoms with van der Waals surface area (Å²) in [7, 11) is 0. The molecule has 0 saturated carbocycles. The van der Waals surface area contributed by atoms with E-state index in [-0.39, 0.29) is 6.10 Å². The van der Waals surface area contributed by atoms with Gasteiger partial charge in [-0.15, -0.1) is 0 Å². The third-order valence-corrected chi connectivity index (χ3v) is 2.33.